The molecule has 0 aromatic heterocycles. The van der Waals surface area contributed by atoms with Crippen LogP contribution in [-0.2, 0) is 0 Å². The highest BCUT2D eigenvalue weighted by Crippen LogP contribution is 2.77. The summed E-state index contributed by atoms with van der Waals surface area (Å²) in [6.07, 6.45) is 2.92. The summed E-state index contributed by atoms with van der Waals surface area (Å²) in [5, 5.41) is 0. The van der Waals surface area contributed by atoms with Crippen molar-refractivity contribution in [2.45, 2.75) is 47.5 Å². The first-order valence-electron chi connectivity index (χ1n) is 4.80. The molecule has 0 heterocycles. The lowest BCUT2D eigenvalue weighted by atomic mass is 9.89. The van der Waals surface area contributed by atoms with Crippen molar-refractivity contribution in [2.75, 3.05) is 0 Å². The predicted octanol–water partition coefficient (Wildman–Crippen LogP) is 3.47. The van der Waals surface area contributed by atoms with Crippen molar-refractivity contribution in [2.24, 2.45) is 22.2 Å². The number of hydrogen-bond donors (Lipinski definition) is 0. The average Bonchev–Trinajstić information content (AvgIpc) is 2.51. The van der Waals surface area contributed by atoms with Crippen molar-refractivity contribution >= 4 is 0 Å². The summed E-state index contributed by atoms with van der Waals surface area (Å²) >= 11 is 0. The van der Waals surface area contributed by atoms with Gasteiger partial charge in [-0.2, -0.15) is 0 Å². The Bertz CT molecular complexity index is 200. The Kier molecular flexibility index (Phi) is 1.06. The van der Waals surface area contributed by atoms with Crippen molar-refractivity contribution in [1.82, 2.24) is 0 Å². The van der Waals surface area contributed by atoms with Crippen molar-refractivity contribution in [3.05, 3.63) is 0 Å². The van der Waals surface area contributed by atoms with E-state index in [1.165, 1.54) is 12.8 Å². The summed E-state index contributed by atoms with van der Waals surface area (Å²) in [4.78, 5) is 0. The third-order valence-electron chi connectivity index (χ3n) is 4.51. The van der Waals surface area contributed by atoms with Crippen LogP contribution in [0.1, 0.15) is 47.5 Å². The highest BCUT2D eigenvalue weighted by molar-refractivity contribution is 5.18. The molecule has 0 saturated heterocycles. The Morgan fingerprint density at radius 1 is 1.00 bits per heavy atom. The Balaban J connectivity index is 2.11. The van der Waals surface area contributed by atoms with E-state index in [0.717, 1.165) is 5.92 Å². The van der Waals surface area contributed by atoms with Crippen LogP contribution < -0.4 is 0 Å². The Morgan fingerprint density at radius 2 is 1.36 bits per heavy atom. The fourth-order valence-corrected chi connectivity index (χ4v) is 3.02. The molecule has 2 aliphatic carbocycles. The maximum atomic E-state index is 2.48. The molecule has 64 valence electrons. The lowest BCUT2D eigenvalue weighted by molar-refractivity contribution is 0.322. The minimum atomic E-state index is 0.644. The SMILES string of the molecule is CC1(C)CC1C1(C)CC1(C)C. The molecule has 2 saturated carbocycles. The molecule has 2 aliphatic rings. The monoisotopic (exact) mass is 152 g/mol. The summed E-state index contributed by atoms with van der Waals surface area (Å²) in [5.74, 6) is 1.02. The molecular formula is C11H20. The van der Waals surface area contributed by atoms with E-state index >= 15 is 0 Å². The number of rotatable bonds is 1. The minimum Gasteiger partial charge on any atom is -0.0596 e. The average molecular weight is 152 g/mol. The largest absolute Gasteiger partial charge is 0.0596 e. The van der Waals surface area contributed by atoms with E-state index in [1.54, 1.807) is 0 Å². The molecule has 0 spiro atoms. The summed E-state index contributed by atoms with van der Waals surface area (Å²) in [6, 6.07) is 0. The van der Waals surface area contributed by atoms with Gasteiger partial charge in [-0.1, -0.05) is 34.6 Å². The van der Waals surface area contributed by atoms with Crippen LogP contribution in [0, 0.1) is 22.2 Å². The van der Waals surface area contributed by atoms with Gasteiger partial charge in [-0.25, -0.2) is 0 Å². The summed E-state index contributed by atoms with van der Waals surface area (Å²) in [6.45, 7) is 12.1. The molecule has 0 aliphatic heterocycles. The molecule has 0 nitrogen and oxygen atoms in total. The van der Waals surface area contributed by atoms with Crippen LogP contribution in [-0.4, -0.2) is 0 Å². The maximum absolute atomic E-state index is 2.48. The Morgan fingerprint density at radius 3 is 1.45 bits per heavy atom. The van der Waals surface area contributed by atoms with E-state index in [-0.39, 0.29) is 0 Å². The smallest absolute Gasteiger partial charge is 0.0236 e. The van der Waals surface area contributed by atoms with E-state index in [1.807, 2.05) is 0 Å². The molecule has 2 rings (SSSR count). The zero-order valence-corrected chi connectivity index (χ0v) is 8.49. The van der Waals surface area contributed by atoms with Crippen LogP contribution in [0.5, 0.6) is 0 Å². The van der Waals surface area contributed by atoms with Gasteiger partial charge in [-0.15, -0.1) is 0 Å². The minimum absolute atomic E-state index is 0.644. The van der Waals surface area contributed by atoms with E-state index in [2.05, 4.69) is 34.6 Å². The Labute approximate surface area is 70.4 Å². The quantitative estimate of drug-likeness (QED) is 0.539. The van der Waals surface area contributed by atoms with Crippen molar-refractivity contribution < 1.29 is 0 Å². The highest BCUT2D eigenvalue weighted by Gasteiger charge is 2.69. The van der Waals surface area contributed by atoms with Gasteiger partial charge in [-0.3, -0.25) is 0 Å². The van der Waals surface area contributed by atoms with Gasteiger partial charge in [0.05, 0.1) is 0 Å². The van der Waals surface area contributed by atoms with Gasteiger partial charge in [0.15, 0.2) is 0 Å². The van der Waals surface area contributed by atoms with E-state index in [0.29, 0.717) is 16.2 Å². The molecule has 2 atom stereocenters. The third kappa shape index (κ3) is 0.816. The van der Waals surface area contributed by atoms with E-state index in [4.69, 9.17) is 0 Å². The second-order valence-corrected chi connectivity index (χ2v) is 6.22. The molecule has 0 amide bonds. The number of hydrogen-bond acceptors (Lipinski definition) is 0. The molecule has 0 heteroatoms. The van der Waals surface area contributed by atoms with Gasteiger partial charge in [-0.05, 0) is 35.0 Å². The molecule has 0 aromatic carbocycles. The third-order valence-corrected chi connectivity index (χ3v) is 4.51. The molecule has 2 unspecified atom stereocenters. The molecular weight excluding hydrogens is 132 g/mol. The normalized spacial score (nSPS) is 50.5. The van der Waals surface area contributed by atoms with E-state index in [9.17, 15) is 0 Å². The highest BCUT2D eigenvalue weighted by atomic mass is 14.7. The molecule has 0 N–H and O–H groups in total. The lowest BCUT2D eigenvalue weighted by Gasteiger charge is -2.16. The first kappa shape index (κ1) is 7.64. The zero-order chi connectivity index (χ0) is 8.49. The standard InChI is InChI=1S/C11H20/c1-9(2)6-8(9)11(5)7-10(11,3)4/h8H,6-7H2,1-5H3. The van der Waals surface area contributed by atoms with Crippen LogP contribution in [0.3, 0.4) is 0 Å². The lowest BCUT2D eigenvalue weighted by Crippen LogP contribution is -2.10. The van der Waals surface area contributed by atoms with Gasteiger partial charge < -0.3 is 0 Å². The second-order valence-electron chi connectivity index (χ2n) is 6.22. The fraction of sp³-hybridized carbons (Fsp3) is 1.00. The van der Waals surface area contributed by atoms with Crippen LogP contribution in [0.15, 0.2) is 0 Å². The molecule has 2 fully saturated rings. The van der Waals surface area contributed by atoms with Gasteiger partial charge in [0.2, 0.25) is 0 Å². The fourth-order valence-electron chi connectivity index (χ4n) is 3.02. The molecule has 0 radical (unpaired) electrons. The molecule has 11 heavy (non-hydrogen) atoms. The first-order valence-corrected chi connectivity index (χ1v) is 4.80. The van der Waals surface area contributed by atoms with Crippen molar-refractivity contribution in [1.29, 1.82) is 0 Å². The van der Waals surface area contributed by atoms with Crippen LogP contribution in [0.25, 0.3) is 0 Å². The zero-order valence-electron chi connectivity index (χ0n) is 8.49. The maximum Gasteiger partial charge on any atom is -0.0236 e. The first-order chi connectivity index (χ1) is 4.80. The van der Waals surface area contributed by atoms with Gasteiger partial charge in [0, 0.05) is 0 Å². The predicted molar refractivity (Wildman–Crippen MR) is 48.4 cm³/mol. The Hall–Kier alpha value is 0. The summed E-state index contributed by atoms with van der Waals surface area (Å²) in [5.41, 5.74) is 2.00. The van der Waals surface area contributed by atoms with Gasteiger partial charge in [0.1, 0.15) is 0 Å². The second kappa shape index (κ2) is 1.53. The summed E-state index contributed by atoms with van der Waals surface area (Å²) in [7, 11) is 0. The van der Waals surface area contributed by atoms with Crippen LogP contribution >= 0.6 is 0 Å². The molecule has 0 aromatic rings. The van der Waals surface area contributed by atoms with Crippen molar-refractivity contribution in [3.8, 4) is 0 Å². The summed E-state index contributed by atoms with van der Waals surface area (Å²) < 4.78 is 0. The van der Waals surface area contributed by atoms with E-state index < -0.39 is 0 Å². The van der Waals surface area contributed by atoms with Gasteiger partial charge in [0.25, 0.3) is 0 Å². The van der Waals surface area contributed by atoms with Crippen LogP contribution in [0.4, 0.5) is 0 Å². The van der Waals surface area contributed by atoms with Crippen molar-refractivity contribution in [3.63, 3.8) is 0 Å². The topological polar surface area (TPSA) is 0 Å². The van der Waals surface area contributed by atoms with Gasteiger partial charge >= 0.3 is 0 Å². The van der Waals surface area contributed by atoms with Crippen LogP contribution in [0.2, 0.25) is 0 Å². The molecule has 0 bridgehead atoms.